The molecular weight excluding hydrogens is 396 g/mol. The van der Waals surface area contributed by atoms with E-state index in [0.717, 1.165) is 27.9 Å². The van der Waals surface area contributed by atoms with Crippen LogP contribution >= 0.6 is 11.6 Å². The first-order chi connectivity index (χ1) is 14.6. The van der Waals surface area contributed by atoms with E-state index in [-0.39, 0.29) is 11.9 Å². The van der Waals surface area contributed by atoms with E-state index < -0.39 is 0 Å². The van der Waals surface area contributed by atoms with Crippen molar-refractivity contribution in [1.82, 2.24) is 20.1 Å². The summed E-state index contributed by atoms with van der Waals surface area (Å²) in [6.45, 7) is 2.53. The fraction of sp³-hybridized carbons (Fsp3) is 0.125. The third-order valence-electron chi connectivity index (χ3n) is 5.48. The van der Waals surface area contributed by atoms with Gasteiger partial charge in [0, 0.05) is 35.1 Å². The molecule has 148 valence electrons. The SMILES string of the molecule is Cc1ccc(-c2n[nH]c3c2C(c2ccc(Cl)cc2)N(Cc2ccncc2)C3=O)cc1. The quantitative estimate of drug-likeness (QED) is 0.500. The second-order valence-electron chi connectivity index (χ2n) is 7.47. The van der Waals surface area contributed by atoms with Crippen LogP contribution in [0.1, 0.15) is 38.8 Å². The molecule has 3 heterocycles. The summed E-state index contributed by atoms with van der Waals surface area (Å²) in [6, 6.07) is 19.5. The van der Waals surface area contributed by atoms with Crippen LogP contribution in [0.2, 0.25) is 5.02 Å². The van der Waals surface area contributed by atoms with Gasteiger partial charge >= 0.3 is 0 Å². The van der Waals surface area contributed by atoms with Crippen LogP contribution in [-0.2, 0) is 6.54 Å². The number of pyridine rings is 1. The predicted octanol–water partition coefficient (Wildman–Crippen LogP) is 5.18. The smallest absolute Gasteiger partial charge is 0.273 e. The van der Waals surface area contributed by atoms with Crippen LogP contribution in [0.25, 0.3) is 11.3 Å². The first-order valence-electron chi connectivity index (χ1n) is 9.72. The Balaban J connectivity index is 1.64. The van der Waals surface area contributed by atoms with E-state index in [2.05, 4.69) is 34.2 Å². The largest absolute Gasteiger partial charge is 0.322 e. The van der Waals surface area contributed by atoms with Crippen molar-refractivity contribution >= 4 is 17.5 Å². The maximum atomic E-state index is 13.4. The van der Waals surface area contributed by atoms with E-state index >= 15 is 0 Å². The summed E-state index contributed by atoms with van der Waals surface area (Å²) in [6.07, 6.45) is 3.48. The highest BCUT2D eigenvalue weighted by atomic mass is 35.5. The molecule has 1 unspecified atom stereocenters. The van der Waals surface area contributed by atoms with Gasteiger partial charge in [0.15, 0.2) is 0 Å². The minimum absolute atomic E-state index is 0.0624. The fourth-order valence-electron chi connectivity index (χ4n) is 3.97. The van der Waals surface area contributed by atoms with Crippen molar-refractivity contribution in [2.24, 2.45) is 0 Å². The Morgan fingerprint density at radius 1 is 1.00 bits per heavy atom. The Hall–Kier alpha value is -3.44. The van der Waals surface area contributed by atoms with Crippen LogP contribution in [0.4, 0.5) is 0 Å². The molecule has 1 amide bonds. The Kier molecular flexibility index (Phi) is 4.60. The zero-order chi connectivity index (χ0) is 20.7. The molecule has 1 aliphatic heterocycles. The molecule has 0 saturated heterocycles. The highest BCUT2D eigenvalue weighted by Gasteiger charge is 2.42. The van der Waals surface area contributed by atoms with E-state index in [1.54, 1.807) is 12.4 Å². The third-order valence-corrected chi connectivity index (χ3v) is 5.73. The molecule has 0 saturated carbocycles. The third kappa shape index (κ3) is 3.17. The van der Waals surface area contributed by atoms with Crippen molar-refractivity contribution in [3.63, 3.8) is 0 Å². The van der Waals surface area contributed by atoms with E-state index in [4.69, 9.17) is 11.6 Å². The van der Waals surface area contributed by atoms with Crippen molar-refractivity contribution in [2.75, 3.05) is 0 Å². The number of aromatic amines is 1. The van der Waals surface area contributed by atoms with Crippen molar-refractivity contribution in [3.8, 4) is 11.3 Å². The number of amides is 1. The lowest BCUT2D eigenvalue weighted by atomic mass is 9.95. The standard InChI is InChI=1S/C24H19ClN4O/c1-15-2-4-17(5-3-15)21-20-22(28-27-21)24(30)29(14-16-10-12-26-13-11-16)23(20)18-6-8-19(25)9-7-18/h2-13,23H,14H2,1H3,(H,27,28). The molecule has 0 fully saturated rings. The second-order valence-corrected chi connectivity index (χ2v) is 7.91. The van der Waals surface area contributed by atoms with Gasteiger partial charge in [-0.15, -0.1) is 0 Å². The summed E-state index contributed by atoms with van der Waals surface area (Å²) in [5.74, 6) is -0.0624. The minimum Gasteiger partial charge on any atom is -0.322 e. The van der Waals surface area contributed by atoms with Gasteiger partial charge in [-0.3, -0.25) is 14.9 Å². The number of fused-ring (bicyclic) bond motifs is 1. The van der Waals surface area contributed by atoms with Crippen LogP contribution in [0.15, 0.2) is 73.1 Å². The van der Waals surface area contributed by atoms with Gasteiger partial charge in [-0.05, 0) is 42.3 Å². The summed E-state index contributed by atoms with van der Waals surface area (Å²) in [7, 11) is 0. The molecule has 0 aliphatic carbocycles. The molecule has 1 atom stereocenters. The molecule has 5 rings (SSSR count). The predicted molar refractivity (Wildman–Crippen MR) is 116 cm³/mol. The number of rotatable bonds is 4. The van der Waals surface area contributed by atoms with Gasteiger partial charge in [0.2, 0.25) is 0 Å². The number of aromatic nitrogens is 3. The molecule has 2 aromatic carbocycles. The van der Waals surface area contributed by atoms with Gasteiger partial charge < -0.3 is 4.90 Å². The molecule has 0 bridgehead atoms. The number of benzene rings is 2. The maximum absolute atomic E-state index is 13.4. The first kappa shape index (κ1) is 18.6. The van der Waals surface area contributed by atoms with Gasteiger partial charge in [-0.2, -0.15) is 5.10 Å². The first-order valence-corrected chi connectivity index (χ1v) is 10.1. The summed E-state index contributed by atoms with van der Waals surface area (Å²) >= 11 is 6.13. The summed E-state index contributed by atoms with van der Waals surface area (Å²) < 4.78 is 0. The molecule has 30 heavy (non-hydrogen) atoms. The topological polar surface area (TPSA) is 61.9 Å². The normalized spacial score (nSPS) is 15.5. The molecule has 0 spiro atoms. The lowest BCUT2D eigenvalue weighted by Crippen LogP contribution is -2.29. The molecule has 1 N–H and O–H groups in total. The minimum atomic E-state index is -0.256. The van der Waals surface area contributed by atoms with Crippen LogP contribution in [0.5, 0.6) is 0 Å². The van der Waals surface area contributed by atoms with E-state index in [1.807, 2.05) is 53.4 Å². The second kappa shape index (κ2) is 7.43. The lowest BCUT2D eigenvalue weighted by molar-refractivity contribution is 0.0730. The number of nitrogens with one attached hydrogen (secondary N) is 1. The van der Waals surface area contributed by atoms with Crippen molar-refractivity contribution in [2.45, 2.75) is 19.5 Å². The van der Waals surface area contributed by atoms with Crippen LogP contribution in [0.3, 0.4) is 0 Å². The highest BCUT2D eigenvalue weighted by molar-refractivity contribution is 6.30. The molecular formula is C24H19ClN4O. The van der Waals surface area contributed by atoms with Gasteiger partial charge in [0.05, 0.1) is 11.7 Å². The number of H-pyrrole nitrogens is 1. The average molecular weight is 415 g/mol. The van der Waals surface area contributed by atoms with Crippen LogP contribution in [0, 0.1) is 6.92 Å². The molecule has 1 aliphatic rings. The molecule has 0 radical (unpaired) electrons. The number of carbonyl (C=O) groups excluding carboxylic acids is 1. The zero-order valence-corrected chi connectivity index (χ0v) is 17.1. The lowest BCUT2D eigenvalue weighted by Gasteiger charge is -2.26. The Morgan fingerprint density at radius 2 is 1.70 bits per heavy atom. The monoisotopic (exact) mass is 414 g/mol. The van der Waals surface area contributed by atoms with E-state index in [9.17, 15) is 4.79 Å². The van der Waals surface area contributed by atoms with Crippen molar-refractivity contribution in [3.05, 3.63) is 106 Å². The molecule has 6 heteroatoms. The number of hydrogen-bond donors (Lipinski definition) is 1. The number of halogens is 1. The summed E-state index contributed by atoms with van der Waals surface area (Å²) in [4.78, 5) is 19.3. The molecule has 5 nitrogen and oxygen atoms in total. The van der Waals surface area contributed by atoms with E-state index in [0.29, 0.717) is 17.3 Å². The van der Waals surface area contributed by atoms with Crippen molar-refractivity contribution in [1.29, 1.82) is 0 Å². The van der Waals surface area contributed by atoms with Gasteiger partial charge in [0.1, 0.15) is 5.69 Å². The molecule has 4 aromatic rings. The Morgan fingerprint density at radius 3 is 2.40 bits per heavy atom. The van der Waals surface area contributed by atoms with E-state index in [1.165, 1.54) is 5.56 Å². The number of hydrogen-bond acceptors (Lipinski definition) is 3. The van der Waals surface area contributed by atoms with Gasteiger partial charge in [-0.25, -0.2) is 0 Å². The zero-order valence-electron chi connectivity index (χ0n) is 16.3. The average Bonchev–Trinajstić information content (AvgIpc) is 3.30. The van der Waals surface area contributed by atoms with Gasteiger partial charge in [0.25, 0.3) is 5.91 Å². The van der Waals surface area contributed by atoms with Crippen LogP contribution in [-0.4, -0.2) is 26.0 Å². The molecule has 2 aromatic heterocycles. The van der Waals surface area contributed by atoms with Crippen molar-refractivity contribution < 1.29 is 4.79 Å². The maximum Gasteiger partial charge on any atom is 0.273 e. The fourth-order valence-corrected chi connectivity index (χ4v) is 4.09. The Labute approximate surface area is 179 Å². The number of carbonyl (C=O) groups is 1. The number of nitrogens with zero attached hydrogens (tertiary/aromatic N) is 3. The highest BCUT2D eigenvalue weighted by Crippen LogP contribution is 2.43. The Bertz CT molecular complexity index is 1200. The van der Waals surface area contributed by atoms with Crippen LogP contribution < -0.4 is 0 Å². The summed E-state index contributed by atoms with van der Waals surface area (Å²) in [5.41, 5.74) is 6.42. The van der Waals surface area contributed by atoms with Gasteiger partial charge in [-0.1, -0.05) is 53.6 Å². The summed E-state index contributed by atoms with van der Waals surface area (Å²) in [5, 5.41) is 8.17. The number of aryl methyl sites for hydroxylation is 1.